The molecule has 0 aromatic heterocycles. The first kappa shape index (κ1) is 19.0. The van der Waals surface area contributed by atoms with Crippen molar-refractivity contribution in [2.75, 3.05) is 26.8 Å². The Kier molecular flexibility index (Phi) is 7.07. The number of aliphatic hydroxyl groups is 1. The summed E-state index contributed by atoms with van der Waals surface area (Å²) in [5.41, 5.74) is 0. The van der Waals surface area contributed by atoms with Crippen molar-refractivity contribution in [1.29, 1.82) is 0 Å². The molecular formula is C18H32N2O5. The topological polar surface area (TPSA) is 89.1 Å². The molecule has 1 aliphatic carbocycles. The Balaban J connectivity index is 1.37. The Labute approximate surface area is 149 Å². The van der Waals surface area contributed by atoms with Gasteiger partial charge in [0, 0.05) is 32.7 Å². The van der Waals surface area contributed by atoms with Crippen LogP contribution in [0.15, 0.2) is 0 Å². The molecule has 25 heavy (non-hydrogen) atoms. The van der Waals surface area contributed by atoms with Crippen molar-refractivity contribution < 1.29 is 24.1 Å². The first-order chi connectivity index (χ1) is 12.2. The molecule has 3 N–H and O–H groups in total. The van der Waals surface area contributed by atoms with Crippen molar-refractivity contribution >= 4 is 5.91 Å². The average molecular weight is 356 g/mol. The van der Waals surface area contributed by atoms with E-state index in [-0.39, 0.29) is 30.3 Å². The largest absolute Gasteiger partial charge is 0.388 e. The first-order valence-corrected chi connectivity index (χ1v) is 9.65. The molecule has 0 spiro atoms. The molecular weight excluding hydrogens is 324 g/mol. The lowest BCUT2D eigenvalue weighted by molar-refractivity contribution is -0.124. The third kappa shape index (κ3) is 5.14. The van der Waals surface area contributed by atoms with Gasteiger partial charge in [-0.15, -0.1) is 0 Å². The highest BCUT2D eigenvalue weighted by Crippen LogP contribution is 2.35. The second-order valence-corrected chi connectivity index (χ2v) is 7.45. The number of nitrogens with one attached hydrogen (secondary N) is 2. The number of amides is 1. The van der Waals surface area contributed by atoms with Crippen molar-refractivity contribution in [3.05, 3.63) is 0 Å². The van der Waals surface area contributed by atoms with Gasteiger partial charge in [-0.2, -0.15) is 0 Å². The molecule has 0 aromatic rings. The highest BCUT2D eigenvalue weighted by Gasteiger charge is 2.50. The van der Waals surface area contributed by atoms with Gasteiger partial charge in [0.05, 0.1) is 31.3 Å². The number of hydrogen-bond acceptors (Lipinski definition) is 6. The lowest BCUT2D eigenvalue weighted by Gasteiger charge is -2.26. The molecule has 5 unspecified atom stereocenters. The van der Waals surface area contributed by atoms with Gasteiger partial charge < -0.3 is 30.0 Å². The quantitative estimate of drug-likeness (QED) is 0.544. The molecule has 2 saturated heterocycles. The summed E-state index contributed by atoms with van der Waals surface area (Å²) in [6.07, 6.45) is 5.87. The Morgan fingerprint density at radius 3 is 2.76 bits per heavy atom. The minimum atomic E-state index is -0.623. The molecule has 3 rings (SSSR count). The summed E-state index contributed by atoms with van der Waals surface area (Å²) >= 11 is 0. The van der Waals surface area contributed by atoms with Crippen molar-refractivity contribution in [3.8, 4) is 0 Å². The zero-order valence-corrected chi connectivity index (χ0v) is 15.1. The SMILES string of the molecule is COCCNC(=O)CC1CC2OC(CNC3CCCCC3)C(O)C2O1. The maximum absolute atomic E-state index is 11.9. The van der Waals surface area contributed by atoms with Crippen LogP contribution in [0.25, 0.3) is 0 Å². The number of carbonyl (C=O) groups excluding carboxylic acids is 1. The fourth-order valence-corrected chi connectivity index (χ4v) is 4.17. The average Bonchev–Trinajstić information content (AvgIpc) is 3.13. The predicted molar refractivity (Wildman–Crippen MR) is 92.3 cm³/mol. The van der Waals surface area contributed by atoms with Crippen LogP contribution in [0.3, 0.4) is 0 Å². The van der Waals surface area contributed by atoms with E-state index in [1.165, 1.54) is 32.1 Å². The van der Waals surface area contributed by atoms with Gasteiger partial charge in [-0.3, -0.25) is 4.79 Å². The molecule has 0 bridgehead atoms. The number of ether oxygens (including phenoxy) is 3. The zero-order chi connectivity index (χ0) is 17.6. The van der Waals surface area contributed by atoms with Crippen LogP contribution in [0.4, 0.5) is 0 Å². The Morgan fingerprint density at radius 1 is 1.24 bits per heavy atom. The van der Waals surface area contributed by atoms with E-state index in [0.717, 1.165) is 0 Å². The number of methoxy groups -OCH3 is 1. The van der Waals surface area contributed by atoms with Crippen LogP contribution in [0.2, 0.25) is 0 Å². The van der Waals surface area contributed by atoms with Gasteiger partial charge in [-0.25, -0.2) is 0 Å². The third-order valence-corrected chi connectivity index (χ3v) is 5.53. The van der Waals surface area contributed by atoms with Crippen molar-refractivity contribution in [1.82, 2.24) is 10.6 Å². The van der Waals surface area contributed by atoms with Gasteiger partial charge in [0.25, 0.3) is 0 Å². The molecule has 7 nitrogen and oxygen atoms in total. The second kappa shape index (κ2) is 9.28. The van der Waals surface area contributed by atoms with E-state index in [1.54, 1.807) is 7.11 Å². The van der Waals surface area contributed by atoms with Gasteiger partial charge >= 0.3 is 0 Å². The highest BCUT2D eigenvalue weighted by atomic mass is 16.6. The van der Waals surface area contributed by atoms with E-state index >= 15 is 0 Å². The maximum atomic E-state index is 11.9. The number of hydrogen-bond donors (Lipinski definition) is 3. The molecule has 0 aromatic carbocycles. The summed E-state index contributed by atoms with van der Waals surface area (Å²) in [5.74, 6) is -0.0490. The molecule has 1 amide bonds. The number of rotatable bonds is 8. The normalized spacial score (nSPS) is 35.7. The predicted octanol–water partition coefficient (Wildman–Crippen LogP) is 0.347. The van der Waals surface area contributed by atoms with E-state index in [2.05, 4.69) is 10.6 Å². The standard InChI is InChI=1S/C18H32N2O5/c1-23-8-7-19-16(21)10-13-9-14-18(24-13)17(22)15(25-14)11-20-12-5-3-2-4-6-12/h12-15,17-18,20,22H,2-11H2,1H3,(H,19,21). The van der Waals surface area contributed by atoms with Crippen molar-refractivity contribution in [2.24, 2.45) is 0 Å². The smallest absolute Gasteiger partial charge is 0.222 e. The maximum Gasteiger partial charge on any atom is 0.222 e. The molecule has 2 heterocycles. The molecule has 3 aliphatic rings. The van der Waals surface area contributed by atoms with E-state index in [1.807, 2.05) is 0 Å². The summed E-state index contributed by atoms with van der Waals surface area (Å²) in [5, 5.41) is 16.8. The van der Waals surface area contributed by atoms with E-state index in [4.69, 9.17) is 14.2 Å². The van der Waals surface area contributed by atoms with Crippen LogP contribution < -0.4 is 10.6 Å². The minimum Gasteiger partial charge on any atom is -0.388 e. The van der Waals surface area contributed by atoms with Gasteiger partial charge in [-0.05, 0) is 12.8 Å². The Bertz CT molecular complexity index is 430. The molecule has 5 atom stereocenters. The van der Waals surface area contributed by atoms with Gasteiger partial charge in [-0.1, -0.05) is 19.3 Å². The Hall–Kier alpha value is -0.730. The summed E-state index contributed by atoms with van der Waals surface area (Å²) in [6, 6.07) is 0.550. The Morgan fingerprint density at radius 2 is 2.04 bits per heavy atom. The molecule has 2 aliphatic heterocycles. The minimum absolute atomic E-state index is 0.0490. The van der Waals surface area contributed by atoms with Crippen LogP contribution >= 0.6 is 0 Å². The molecule has 7 heteroatoms. The molecule has 0 radical (unpaired) electrons. The monoisotopic (exact) mass is 356 g/mol. The fourth-order valence-electron chi connectivity index (χ4n) is 4.17. The van der Waals surface area contributed by atoms with Crippen LogP contribution in [-0.4, -0.2) is 74.4 Å². The van der Waals surface area contributed by atoms with E-state index in [0.29, 0.717) is 38.6 Å². The van der Waals surface area contributed by atoms with Crippen LogP contribution in [0.5, 0.6) is 0 Å². The van der Waals surface area contributed by atoms with Crippen molar-refractivity contribution in [2.45, 2.75) is 81.5 Å². The zero-order valence-electron chi connectivity index (χ0n) is 15.1. The van der Waals surface area contributed by atoms with Crippen molar-refractivity contribution in [3.63, 3.8) is 0 Å². The van der Waals surface area contributed by atoms with Crippen LogP contribution in [-0.2, 0) is 19.0 Å². The fraction of sp³-hybridized carbons (Fsp3) is 0.944. The van der Waals surface area contributed by atoms with Crippen LogP contribution in [0, 0.1) is 0 Å². The second-order valence-electron chi connectivity index (χ2n) is 7.45. The molecule has 3 fully saturated rings. The highest BCUT2D eigenvalue weighted by molar-refractivity contribution is 5.76. The molecule has 144 valence electrons. The number of aliphatic hydroxyl groups excluding tert-OH is 1. The van der Waals surface area contributed by atoms with Gasteiger partial charge in [0.1, 0.15) is 12.2 Å². The molecule has 1 saturated carbocycles. The van der Waals surface area contributed by atoms with E-state index < -0.39 is 6.10 Å². The summed E-state index contributed by atoms with van der Waals surface area (Å²) in [6.45, 7) is 1.67. The third-order valence-electron chi connectivity index (χ3n) is 5.53. The van der Waals surface area contributed by atoms with E-state index in [9.17, 15) is 9.90 Å². The first-order valence-electron chi connectivity index (χ1n) is 9.65. The van der Waals surface area contributed by atoms with Crippen LogP contribution in [0.1, 0.15) is 44.9 Å². The lowest BCUT2D eigenvalue weighted by Crippen LogP contribution is -2.42. The summed E-state index contributed by atoms with van der Waals surface area (Å²) in [7, 11) is 1.60. The van der Waals surface area contributed by atoms with Gasteiger partial charge in [0.2, 0.25) is 5.91 Å². The van der Waals surface area contributed by atoms with Gasteiger partial charge in [0.15, 0.2) is 0 Å². The summed E-state index contributed by atoms with van der Waals surface area (Å²) < 4.78 is 16.8. The number of carbonyl (C=O) groups is 1. The number of fused-ring (bicyclic) bond motifs is 1. The summed E-state index contributed by atoms with van der Waals surface area (Å²) in [4.78, 5) is 11.9. The lowest BCUT2D eigenvalue weighted by atomic mass is 9.95.